The van der Waals surface area contributed by atoms with Gasteiger partial charge in [0.25, 0.3) is 5.56 Å². The second-order valence-electron chi connectivity index (χ2n) is 7.62. The molecule has 1 aliphatic heterocycles. The molecule has 0 unspecified atom stereocenters. The molecular formula is C21H23F3N6O4. The molecule has 0 saturated carbocycles. The molecule has 2 aromatic heterocycles. The lowest BCUT2D eigenvalue weighted by Crippen LogP contribution is -2.44. The van der Waals surface area contributed by atoms with Gasteiger partial charge in [-0.2, -0.15) is 23.1 Å². The lowest BCUT2D eigenvalue weighted by atomic mass is 10.2. The molecule has 1 N–H and O–H groups in total. The SMILES string of the molecule is COCCn1c(OC(=O)C(F)(F)F)nc2nc(N3CCNCC3)n(Cc3ccccc3)c2c1=O. The van der Waals surface area contributed by atoms with E-state index >= 15 is 0 Å². The lowest BCUT2D eigenvalue weighted by molar-refractivity contribution is -0.190. The fourth-order valence-electron chi connectivity index (χ4n) is 3.70. The van der Waals surface area contributed by atoms with Crippen molar-refractivity contribution in [3.05, 3.63) is 46.2 Å². The maximum atomic E-state index is 13.5. The molecular weight excluding hydrogens is 457 g/mol. The number of anilines is 1. The number of imidazole rings is 1. The highest BCUT2D eigenvalue weighted by Crippen LogP contribution is 2.24. The van der Waals surface area contributed by atoms with Crippen LogP contribution in [0.1, 0.15) is 5.56 Å². The van der Waals surface area contributed by atoms with E-state index in [-0.39, 0.29) is 24.3 Å². The predicted octanol–water partition coefficient (Wildman–Crippen LogP) is 1.16. The molecule has 0 atom stereocenters. The van der Waals surface area contributed by atoms with Gasteiger partial charge in [-0.3, -0.25) is 13.9 Å². The summed E-state index contributed by atoms with van der Waals surface area (Å²) in [5, 5.41) is 3.24. The number of halogens is 3. The van der Waals surface area contributed by atoms with Crippen LogP contribution in [0.4, 0.5) is 19.1 Å². The third kappa shape index (κ3) is 4.89. The van der Waals surface area contributed by atoms with Crippen LogP contribution in [0, 0.1) is 0 Å². The number of esters is 1. The van der Waals surface area contributed by atoms with Crippen LogP contribution in [0.3, 0.4) is 0 Å². The largest absolute Gasteiger partial charge is 0.491 e. The third-order valence-corrected chi connectivity index (χ3v) is 5.33. The van der Waals surface area contributed by atoms with E-state index < -0.39 is 23.7 Å². The van der Waals surface area contributed by atoms with Crippen LogP contribution in [0.5, 0.6) is 6.01 Å². The zero-order valence-electron chi connectivity index (χ0n) is 18.3. The first kappa shape index (κ1) is 23.7. The summed E-state index contributed by atoms with van der Waals surface area (Å²) in [5.41, 5.74) is 0.207. The van der Waals surface area contributed by atoms with Crippen LogP contribution in [-0.2, 0) is 22.6 Å². The number of hydrogen-bond acceptors (Lipinski definition) is 8. The van der Waals surface area contributed by atoms with Crippen LogP contribution >= 0.6 is 0 Å². The van der Waals surface area contributed by atoms with E-state index in [1.54, 1.807) is 4.57 Å². The van der Waals surface area contributed by atoms with E-state index in [2.05, 4.69) is 20.0 Å². The summed E-state index contributed by atoms with van der Waals surface area (Å²) in [6.45, 7) is 2.75. The number of rotatable bonds is 7. The van der Waals surface area contributed by atoms with Gasteiger partial charge in [0.1, 0.15) is 0 Å². The average molecular weight is 480 g/mol. The fourth-order valence-corrected chi connectivity index (χ4v) is 3.70. The lowest BCUT2D eigenvalue weighted by Gasteiger charge is -2.28. The molecule has 0 bridgehead atoms. The number of fused-ring (bicyclic) bond motifs is 1. The zero-order chi connectivity index (χ0) is 24.3. The van der Waals surface area contributed by atoms with E-state index in [4.69, 9.17) is 4.74 Å². The monoisotopic (exact) mass is 480 g/mol. The van der Waals surface area contributed by atoms with Crippen molar-refractivity contribution in [2.75, 3.05) is 44.8 Å². The number of alkyl halides is 3. The summed E-state index contributed by atoms with van der Waals surface area (Å²) in [6.07, 6.45) is -5.25. The van der Waals surface area contributed by atoms with Crippen molar-refractivity contribution in [1.82, 2.24) is 24.4 Å². The second kappa shape index (κ2) is 9.81. The minimum Gasteiger partial charge on any atom is -0.385 e. The minimum absolute atomic E-state index is 0.0128. The summed E-state index contributed by atoms with van der Waals surface area (Å²) in [7, 11) is 1.38. The maximum absolute atomic E-state index is 13.5. The molecule has 0 amide bonds. The Morgan fingerprint density at radius 2 is 1.82 bits per heavy atom. The summed E-state index contributed by atoms with van der Waals surface area (Å²) >= 11 is 0. The first-order chi connectivity index (χ1) is 16.3. The molecule has 10 nitrogen and oxygen atoms in total. The van der Waals surface area contributed by atoms with Gasteiger partial charge < -0.3 is 19.7 Å². The van der Waals surface area contributed by atoms with Crippen LogP contribution in [-0.4, -0.2) is 71.1 Å². The summed E-state index contributed by atoms with van der Waals surface area (Å²) in [5.74, 6) is -2.02. The number of piperazine rings is 1. The summed E-state index contributed by atoms with van der Waals surface area (Å²) in [6, 6.07) is 8.60. The van der Waals surface area contributed by atoms with Gasteiger partial charge in [0, 0.05) is 33.3 Å². The van der Waals surface area contributed by atoms with E-state index in [0.29, 0.717) is 38.7 Å². The number of nitrogens with one attached hydrogen (secondary N) is 1. The zero-order valence-corrected chi connectivity index (χ0v) is 18.3. The molecule has 0 aliphatic carbocycles. The normalized spacial score (nSPS) is 14.5. The Morgan fingerprint density at radius 3 is 2.47 bits per heavy atom. The Hall–Kier alpha value is -3.45. The highest BCUT2D eigenvalue weighted by atomic mass is 19.4. The van der Waals surface area contributed by atoms with Gasteiger partial charge in [-0.25, -0.2) is 4.79 Å². The number of methoxy groups -OCH3 is 1. The summed E-state index contributed by atoms with van der Waals surface area (Å²) < 4.78 is 50.5. The molecule has 1 aromatic carbocycles. The van der Waals surface area contributed by atoms with Crippen LogP contribution in [0.15, 0.2) is 35.1 Å². The van der Waals surface area contributed by atoms with Gasteiger partial charge in [0.2, 0.25) is 5.95 Å². The van der Waals surface area contributed by atoms with Crippen LogP contribution in [0.2, 0.25) is 0 Å². The topological polar surface area (TPSA) is 104 Å². The Bertz CT molecular complexity index is 1220. The first-order valence-corrected chi connectivity index (χ1v) is 10.6. The van der Waals surface area contributed by atoms with Crippen molar-refractivity contribution in [2.24, 2.45) is 0 Å². The van der Waals surface area contributed by atoms with Crippen molar-refractivity contribution in [3.63, 3.8) is 0 Å². The molecule has 1 aliphatic rings. The molecule has 0 spiro atoms. The van der Waals surface area contributed by atoms with Crippen molar-refractivity contribution < 1.29 is 27.4 Å². The molecule has 13 heteroatoms. The van der Waals surface area contributed by atoms with Crippen molar-refractivity contribution in [3.8, 4) is 6.01 Å². The van der Waals surface area contributed by atoms with Crippen molar-refractivity contribution in [2.45, 2.75) is 19.3 Å². The Balaban J connectivity index is 1.89. The fraction of sp³-hybridized carbons (Fsp3) is 0.429. The van der Waals surface area contributed by atoms with Crippen LogP contribution < -0.4 is 20.5 Å². The molecule has 34 heavy (non-hydrogen) atoms. The average Bonchev–Trinajstić information content (AvgIpc) is 3.17. The molecule has 1 saturated heterocycles. The maximum Gasteiger partial charge on any atom is 0.491 e. The van der Waals surface area contributed by atoms with E-state index in [1.807, 2.05) is 35.2 Å². The third-order valence-electron chi connectivity index (χ3n) is 5.33. The number of hydrogen-bond donors (Lipinski definition) is 1. The number of benzene rings is 1. The highest BCUT2D eigenvalue weighted by molar-refractivity contribution is 5.79. The van der Waals surface area contributed by atoms with Gasteiger partial charge in [-0.1, -0.05) is 30.3 Å². The van der Waals surface area contributed by atoms with Gasteiger partial charge in [-0.05, 0) is 5.56 Å². The first-order valence-electron chi connectivity index (χ1n) is 10.6. The van der Waals surface area contributed by atoms with E-state index in [9.17, 15) is 22.8 Å². The van der Waals surface area contributed by atoms with Gasteiger partial charge in [-0.15, -0.1) is 0 Å². The number of aromatic nitrogens is 4. The van der Waals surface area contributed by atoms with Gasteiger partial charge >= 0.3 is 18.2 Å². The van der Waals surface area contributed by atoms with Gasteiger partial charge in [0.15, 0.2) is 11.2 Å². The summed E-state index contributed by atoms with van der Waals surface area (Å²) in [4.78, 5) is 35.5. The molecule has 3 heterocycles. The highest BCUT2D eigenvalue weighted by Gasteiger charge is 2.42. The number of nitrogens with zero attached hydrogens (tertiary/aromatic N) is 5. The number of carbonyl (C=O) groups excluding carboxylic acids is 1. The number of ether oxygens (including phenoxy) is 2. The second-order valence-corrected chi connectivity index (χ2v) is 7.62. The Labute approximate surface area is 191 Å². The molecule has 3 aromatic rings. The Kier molecular flexibility index (Phi) is 6.84. The van der Waals surface area contributed by atoms with Crippen LogP contribution in [0.25, 0.3) is 11.2 Å². The molecule has 1 fully saturated rings. The van der Waals surface area contributed by atoms with Gasteiger partial charge in [0.05, 0.1) is 19.7 Å². The molecule has 0 radical (unpaired) electrons. The quantitative estimate of drug-likeness (QED) is 0.503. The van der Waals surface area contributed by atoms with E-state index in [0.717, 1.165) is 10.1 Å². The Morgan fingerprint density at radius 1 is 1.12 bits per heavy atom. The standard InChI is InChI=1S/C21H23F3N6O4/c1-33-12-11-29-17(31)15-16(27-20(29)34-18(32)21(22,23)24)26-19(28-9-7-25-8-10-28)30(15)13-14-5-3-2-4-6-14/h2-6,25H,7-13H2,1H3. The smallest absolute Gasteiger partial charge is 0.385 e. The van der Waals surface area contributed by atoms with E-state index in [1.165, 1.54) is 7.11 Å². The molecule has 182 valence electrons. The van der Waals surface area contributed by atoms with Crippen molar-refractivity contribution in [1.29, 1.82) is 0 Å². The number of carbonyl (C=O) groups is 1. The molecule has 4 rings (SSSR count). The minimum atomic E-state index is -5.25. The predicted molar refractivity (Wildman–Crippen MR) is 116 cm³/mol. The van der Waals surface area contributed by atoms with Crippen molar-refractivity contribution >= 4 is 23.1 Å².